The van der Waals surface area contributed by atoms with Gasteiger partial charge in [0.05, 0.1) is 11.4 Å². The van der Waals surface area contributed by atoms with E-state index < -0.39 is 5.97 Å². The molecule has 28 heavy (non-hydrogen) atoms. The van der Waals surface area contributed by atoms with Gasteiger partial charge < -0.3 is 10.0 Å². The van der Waals surface area contributed by atoms with Crippen molar-refractivity contribution >= 4 is 29.2 Å². The van der Waals surface area contributed by atoms with Gasteiger partial charge >= 0.3 is 5.97 Å². The smallest absolute Gasteiger partial charge is 0.331 e. The van der Waals surface area contributed by atoms with E-state index in [1.165, 1.54) is 6.92 Å². The van der Waals surface area contributed by atoms with Crippen molar-refractivity contribution in [3.63, 3.8) is 0 Å². The summed E-state index contributed by atoms with van der Waals surface area (Å²) in [7, 11) is 0. The number of nitrogens with zero attached hydrogens (tertiary/aromatic N) is 2. The van der Waals surface area contributed by atoms with Crippen LogP contribution in [0.3, 0.4) is 0 Å². The van der Waals surface area contributed by atoms with Crippen LogP contribution in [0.1, 0.15) is 57.6 Å². The second-order valence-electron chi connectivity index (χ2n) is 6.32. The second kappa shape index (κ2) is 11.3. The molecular formula is C22H26N2O3S. The van der Waals surface area contributed by atoms with Crippen molar-refractivity contribution in [2.24, 2.45) is 10.3 Å². The van der Waals surface area contributed by atoms with E-state index in [-0.39, 0.29) is 0 Å². The number of benzene rings is 2. The summed E-state index contributed by atoms with van der Waals surface area (Å²) in [5.74, 6) is -0.419. The van der Waals surface area contributed by atoms with E-state index in [0.717, 1.165) is 52.3 Å². The molecule has 0 spiro atoms. The predicted molar refractivity (Wildman–Crippen MR) is 113 cm³/mol. The van der Waals surface area contributed by atoms with Gasteiger partial charge in [0.25, 0.3) is 0 Å². The second-order valence-corrected chi connectivity index (χ2v) is 7.47. The van der Waals surface area contributed by atoms with Crippen LogP contribution in [0, 0.1) is 0 Å². The Morgan fingerprint density at radius 2 is 1.36 bits per heavy atom. The third kappa shape index (κ3) is 6.53. The molecule has 0 radical (unpaired) electrons. The number of hydrogen-bond acceptors (Lipinski definition) is 6. The molecule has 0 heterocycles. The first-order valence-electron chi connectivity index (χ1n) is 9.41. The zero-order valence-corrected chi connectivity index (χ0v) is 17.3. The summed E-state index contributed by atoms with van der Waals surface area (Å²) in [4.78, 5) is 18.0. The molecule has 0 aliphatic rings. The number of carbonyl (C=O) groups excluding carboxylic acids is 1. The lowest BCUT2D eigenvalue weighted by atomic mass is 10.1. The fourth-order valence-corrected chi connectivity index (χ4v) is 3.47. The molecule has 1 N–H and O–H groups in total. The van der Waals surface area contributed by atoms with Gasteiger partial charge in [-0.3, -0.25) is 0 Å². The average Bonchev–Trinajstić information content (AvgIpc) is 2.70. The first-order valence-corrected chi connectivity index (χ1v) is 10.2. The molecule has 2 aromatic carbocycles. The van der Waals surface area contributed by atoms with Crippen LogP contribution < -0.4 is 0 Å². The van der Waals surface area contributed by atoms with Gasteiger partial charge in [-0.25, -0.2) is 4.79 Å². The van der Waals surface area contributed by atoms with E-state index in [2.05, 4.69) is 24.2 Å². The third-order valence-corrected chi connectivity index (χ3v) is 5.01. The van der Waals surface area contributed by atoms with Crippen LogP contribution >= 0.6 is 11.8 Å². The Hall–Kier alpha value is -2.60. The molecule has 0 bridgehead atoms. The highest BCUT2D eigenvalue weighted by atomic mass is 32.2. The molecule has 0 saturated heterocycles. The zero-order valence-electron chi connectivity index (χ0n) is 16.5. The first kappa shape index (κ1) is 21.7. The molecule has 0 amide bonds. The van der Waals surface area contributed by atoms with E-state index in [9.17, 15) is 4.79 Å². The standard InChI is InChI=1S/C22H26N2O3S/c1-4-6-21(23-26)17-8-12-19(13-9-17)28-20-14-10-18(11-15-20)22(7-5-2)24-27-16(3)25/h8-15,26H,4-7H2,1-3H3/b23-21+,24-22+. The van der Waals surface area contributed by atoms with Gasteiger partial charge in [-0.05, 0) is 48.2 Å². The van der Waals surface area contributed by atoms with Crippen LogP contribution in [-0.2, 0) is 9.63 Å². The highest BCUT2D eigenvalue weighted by Gasteiger charge is 2.07. The maximum Gasteiger partial charge on any atom is 0.331 e. The van der Waals surface area contributed by atoms with Gasteiger partial charge in [0.2, 0.25) is 0 Å². The predicted octanol–water partition coefficient (Wildman–Crippen LogP) is 5.88. The van der Waals surface area contributed by atoms with Crippen LogP contribution in [0.2, 0.25) is 0 Å². The Balaban J connectivity index is 2.09. The molecule has 0 aromatic heterocycles. The van der Waals surface area contributed by atoms with Crippen molar-refractivity contribution in [3.05, 3.63) is 59.7 Å². The molecule has 0 fully saturated rings. The molecule has 6 heteroatoms. The molecule has 0 aliphatic carbocycles. The largest absolute Gasteiger partial charge is 0.411 e. The minimum Gasteiger partial charge on any atom is -0.411 e. The van der Waals surface area contributed by atoms with Crippen LogP contribution in [0.15, 0.2) is 68.6 Å². The third-order valence-electron chi connectivity index (χ3n) is 3.99. The summed E-state index contributed by atoms with van der Waals surface area (Å²) in [6.45, 7) is 5.46. The summed E-state index contributed by atoms with van der Waals surface area (Å²) in [6.07, 6.45) is 3.34. The Bertz CT molecular complexity index is 828. The Labute approximate surface area is 170 Å². The van der Waals surface area contributed by atoms with Crippen molar-refractivity contribution in [2.45, 2.75) is 56.2 Å². The number of carbonyl (C=O) groups is 1. The molecule has 2 rings (SSSR count). The fourth-order valence-electron chi connectivity index (χ4n) is 2.65. The maximum atomic E-state index is 11.0. The highest BCUT2D eigenvalue weighted by molar-refractivity contribution is 7.99. The minimum atomic E-state index is -0.419. The maximum absolute atomic E-state index is 11.0. The van der Waals surface area contributed by atoms with Gasteiger partial charge in [-0.1, -0.05) is 73.0 Å². The number of oxime groups is 2. The molecule has 0 aliphatic heterocycles. The van der Waals surface area contributed by atoms with Crippen molar-refractivity contribution in [2.75, 3.05) is 0 Å². The van der Waals surface area contributed by atoms with E-state index in [1.807, 2.05) is 48.5 Å². The summed E-state index contributed by atoms with van der Waals surface area (Å²) in [5, 5.41) is 16.5. The number of rotatable bonds is 9. The zero-order chi connectivity index (χ0) is 20.4. The van der Waals surface area contributed by atoms with Gasteiger partial charge in [-0.2, -0.15) is 0 Å². The topological polar surface area (TPSA) is 71.2 Å². The SMILES string of the molecule is CCC/C(=N\O)c1ccc(Sc2ccc(/C(CCC)=N/OC(C)=O)cc2)cc1. The van der Waals surface area contributed by atoms with E-state index in [4.69, 9.17) is 10.0 Å². The molecular weight excluding hydrogens is 372 g/mol. The normalized spacial score (nSPS) is 12.1. The van der Waals surface area contributed by atoms with Crippen molar-refractivity contribution in [1.29, 1.82) is 0 Å². The van der Waals surface area contributed by atoms with Crippen LogP contribution in [0.5, 0.6) is 0 Å². The molecule has 2 aromatic rings. The lowest BCUT2D eigenvalue weighted by Crippen LogP contribution is -2.03. The van der Waals surface area contributed by atoms with Gasteiger partial charge in [0, 0.05) is 16.7 Å². The van der Waals surface area contributed by atoms with Gasteiger partial charge in [0.1, 0.15) is 0 Å². The summed E-state index contributed by atoms with van der Waals surface area (Å²) in [6, 6.07) is 16.1. The lowest BCUT2D eigenvalue weighted by molar-refractivity contribution is -0.140. The molecule has 0 saturated carbocycles. The van der Waals surface area contributed by atoms with Crippen molar-refractivity contribution in [1.82, 2.24) is 0 Å². The summed E-state index contributed by atoms with van der Waals surface area (Å²) in [5.41, 5.74) is 3.37. The monoisotopic (exact) mass is 398 g/mol. The quantitative estimate of drug-likeness (QED) is 0.248. The summed E-state index contributed by atoms with van der Waals surface area (Å²) >= 11 is 1.65. The van der Waals surface area contributed by atoms with Crippen molar-refractivity contribution < 1.29 is 14.8 Å². The van der Waals surface area contributed by atoms with Crippen molar-refractivity contribution in [3.8, 4) is 0 Å². The van der Waals surface area contributed by atoms with Gasteiger partial charge in [0.15, 0.2) is 0 Å². The Morgan fingerprint density at radius 1 is 0.893 bits per heavy atom. The fraction of sp³-hybridized carbons (Fsp3) is 0.318. The minimum absolute atomic E-state index is 0.419. The number of hydrogen-bond donors (Lipinski definition) is 1. The first-order chi connectivity index (χ1) is 13.6. The summed E-state index contributed by atoms with van der Waals surface area (Å²) < 4.78 is 0. The molecule has 0 atom stereocenters. The lowest BCUT2D eigenvalue weighted by Gasteiger charge is -2.08. The average molecular weight is 399 g/mol. The molecule has 148 valence electrons. The Morgan fingerprint density at radius 3 is 1.79 bits per heavy atom. The Kier molecular flexibility index (Phi) is 8.75. The van der Waals surface area contributed by atoms with Crippen LogP contribution in [0.25, 0.3) is 0 Å². The van der Waals surface area contributed by atoms with E-state index >= 15 is 0 Å². The molecule has 5 nitrogen and oxygen atoms in total. The molecule has 0 unspecified atom stereocenters. The van der Waals surface area contributed by atoms with Crippen LogP contribution in [-0.4, -0.2) is 22.6 Å². The van der Waals surface area contributed by atoms with E-state index in [1.54, 1.807) is 11.8 Å². The van der Waals surface area contributed by atoms with E-state index in [0.29, 0.717) is 5.71 Å². The van der Waals surface area contributed by atoms with Crippen LogP contribution in [0.4, 0.5) is 0 Å². The highest BCUT2D eigenvalue weighted by Crippen LogP contribution is 2.28. The van der Waals surface area contributed by atoms with Gasteiger partial charge in [-0.15, -0.1) is 0 Å².